The van der Waals surface area contributed by atoms with E-state index in [4.69, 9.17) is 4.42 Å². The highest BCUT2D eigenvalue weighted by Gasteiger charge is 2.17. The van der Waals surface area contributed by atoms with Crippen molar-refractivity contribution in [3.8, 4) is 11.5 Å². The van der Waals surface area contributed by atoms with Crippen molar-refractivity contribution >= 4 is 5.91 Å². The SMILES string of the molecule is CCC(C)c1ccc(C(CC)NC(=O)c2cc(-c3ccco3)[nH]n2)cc1. The Morgan fingerprint density at radius 2 is 1.88 bits per heavy atom. The molecular formula is C21H25N3O2. The maximum absolute atomic E-state index is 12.6. The zero-order valence-electron chi connectivity index (χ0n) is 15.5. The van der Waals surface area contributed by atoms with Gasteiger partial charge in [0.1, 0.15) is 5.69 Å². The number of nitrogens with zero attached hydrogens (tertiary/aromatic N) is 1. The van der Waals surface area contributed by atoms with Gasteiger partial charge in [-0.05, 0) is 42.0 Å². The largest absolute Gasteiger partial charge is 0.463 e. The highest BCUT2D eigenvalue weighted by Crippen LogP contribution is 2.23. The van der Waals surface area contributed by atoms with Crippen LogP contribution in [0.3, 0.4) is 0 Å². The first-order valence-corrected chi connectivity index (χ1v) is 9.12. The van der Waals surface area contributed by atoms with E-state index in [0.29, 0.717) is 23.1 Å². The summed E-state index contributed by atoms with van der Waals surface area (Å²) >= 11 is 0. The normalized spacial score (nSPS) is 13.3. The minimum absolute atomic E-state index is 0.0442. The molecule has 0 bridgehead atoms. The fourth-order valence-corrected chi connectivity index (χ4v) is 2.94. The summed E-state index contributed by atoms with van der Waals surface area (Å²) in [6.45, 7) is 6.48. The molecule has 0 fully saturated rings. The third-order valence-electron chi connectivity index (χ3n) is 4.83. The van der Waals surface area contributed by atoms with Gasteiger partial charge in [0.15, 0.2) is 11.5 Å². The molecule has 0 radical (unpaired) electrons. The van der Waals surface area contributed by atoms with E-state index in [1.807, 2.05) is 6.07 Å². The third kappa shape index (κ3) is 3.87. The van der Waals surface area contributed by atoms with Gasteiger partial charge in [-0.3, -0.25) is 9.89 Å². The molecule has 0 aliphatic rings. The van der Waals surface area contributed by atoms with Crippen molar-refractivity contribution in [3.05, 3.63) is 65.5 Å². The average molecular weight is 351 g/mol. The average Bonchev–Trinajstić information content (AvgIpc) is 3.36. The molecule has 0 aliphatic heterocycles. The van der Waals surface area contributed by atoms with Gasteiger partial charge in [-0.1, -0.05) is 45.0 Å². The molecule has 2 aromatic heterocycles. The molecule has 0 spiro atoms. The Hall–Kier alpha value is -2.82. The van der Waals surface area contributed by atoms with E-state index in [9.17, 15) is 4.79 Å². The first-order valence-electron chi connectivity index (χ1n) is 9.12. The monoisotopic (exact) mass is 351 g/mol. The topological polar surface area (TPSA) is 70.9 Å². The van der Waals surface area contributed by atoms with Gasteiger partial charge in [0, 0.05) is 6.07 Å². The smallest absolute Gasteiger partial charge is 0.272 e. The molecule has 2 unspecified atom stereocenters. The number of rotatable bonds is 7. The number of benzene rings is 1. The Kier molecular flexibility index (Phi) is 5.56. The number of H-pyrrole nitrogens is 1. The van der Waals surface area contributed by atoms with Crippen LogP contribution in [0.5, 0.6) is 0 Å². The van der Waals surface area contributed by atoms with Gasteiger partial charge in [-0.15, -0.1) is 0 Å². The van der Waals surface area contributed by atoms with Crippen molar-refractivity contribution in [3.63, 3.8) is 0 Å². The van der Waals surface area contributed by atoms with Gasteiger partial charge < -0.3 is 9.73 Å². The second-order valence-electron chi connectivity index (χ2n) is 6.55. The maximum Gasteiger partial charge on any atom is 0.272 e. The number of carbonyl (C=O) groups excluding carboxylic acids is 1. The second-order valence-corrected chi connectivity index (χ2v) is 6.55. The summed E-state index contributed by atoms with van der Waals surface area (Å²) in [6, 6.07) is 13.8. The molecule has 3 rings (SSSR count). The van der Waals surface area contributed by atoms with E-state index >= 15 is 0 Å². The number of hydrogen-bond acceptors (Lipinski definition) is 3. The van der Waals surface area contributed by atoms with Gasteiger partial charge in [-0.25, -0.2) is 0 Å². The minimum Gasteiger partial charge on any atom is -0.463 e. The number of aromatic amines is 1. The molecule has 5 heteroatoms. The van der Waals surface area contributed by atoms with Crippen molar-refractivity contribution in [2.24, 2.45) is 0 Å². The van der Waals surface area contributed by atoms with E-state index in [1.54, 1.807) is 18.4 Å². The lowest BCUT2D eigenvalue weighted by Crippen LogP contribution is -2.28. The first kappa shape index (κ1) is 18.0. The maximum atomic E-state index is 12.6. The second kappa shape index (κ2) is 8.04. The van der Waals surface area contributed by atoms with E-state index in [1.165, 1.54) is 5.56 Å². The molecule has 3 aromatic rings. The molecule has 0 saturated heterocycles. The van der Waals surface area contributed by atoms with E-state index in [2.05, 4.69) is 60.6 Å². The number of hydrogen-bond donors (Lipinski definition) is 2. The van der Waals surface area contributed by atoms with Gasteiger partial charge in [0.05, 0.1) is 12.3 Å². The van der Waals surface area contributed by atoms with Crippen molar-refractivity contribution in [2.45, 2.75) is 45.6 Å². The molecule has 26 heavy (non-hydrogen) atoms. The summed E-state index contributed by atoms with van der Waals surface area (Å²) in [7, 11) is 0. The number of amides is 1. The summed E-state index contributed by atoms with van der Waals surface area (Å²) < 4.78 is 5.32. The predicted octanol–water partition coefficient (Wildman–Crippen LogP) is 5.06. The summed E-state index contributed by atoms with van der Waals surface area (Å²) in [6.07, 6.45) is 3.51. The molecule has 1 amide bonds. The molecule has 2 atom stereocenters. The van der Waals surface area contributed by atoms with Crippen molar-refractivity contribution in [2.75, 3.05) is 0 Å². The van der Waals surface area contributed by atoms with Crippen molar-refractivity contribution < 1.29 is 9.21 Å². The molecule has 1 aromatic carbocycles. The lowest BCUT2D eigenvalue weighted by atomic mass is 9.95. The van der Waals surface area contributed by atoms with Crippen molar-refractivity contribution in [1.29, 1.82) is 0 Å². The molecular weight excluding hydrogens is 326 g/mol. The van der Waals surface area contributed by atoms with Crippen LogP contribution in [0, 0.1) is 0 Å². The van der Waals surface area contributed by atoms with Gasteiger partial charge >= 0.3 is 0 Å². The number of furan rings is 1. The Bertz CT molecular complexity index is 835. The first-order chi connectivity index (χ1) is 12.6. The summed E-state index contributed by atoms with van der Waals surface area (Å²) in [5, 5.41) is 10.0. The standard InChI is InChI=1S/C21H25N3O2/c1-4-14(3)15-8-10-16(11-9-15)17(5-2)22-21(25)19-13-18(23-24-19)20-7-6-12-26-20/h6-14,17H,4-5H2,1-3H3,(H,22,25)(H,23,24). The van der Waals surface area contributed by atoms with Crippen LogP contribution < -0.4 is 5.32 Å². The highest BCUT2D eigenvalue weighted by atomic mass is 16.3. The van der Waals surface area contributed by atoms with Crippen LogP contribution in [0.1, 0.15) is 67.2 Å². The van der Waals surface area contributed by atoms with Crippen LogP contribution in [0.15, 0.2) is 53.1 Å². The minimum atomic E-state index is -0.197. The molecule has 2 N–H and O–H groups in total. The number of carbonyl (C=O) groups is 1. The van der Waals surface area contributed by atoms with Crippen LogP contribution >= 0.6 is 0 Å². The highest BCUT2D eigenvalue weighted by molar-refractivity contribution is 5.93. The number of aromatic nitrogens is 2. The zero-order valence-corrected chi connectivity index (χ0v) is 15.5. The van der Waals surface area contributed by atoms with E-state index < -0.39 is 0 Å². The molecule has 0 aliphatic carbocycles. The summed E-state index contributed by atoms with van der Waals surface area (Å²) in [5.41, 5.74) is 3.47. The molecule has 5 nitrogen and oxygen atoms in total. The lowest BCUT2D eigenvalue weighted by molar-refractivity contribution is 0.0930. The van der Waals surface area contributed by atoms with E-state index in [0.717, 1.165) is 18.4 Å². The zero-order chi connectivity index (χ0) is 18.5. The van der Waals surface area contributed by atoms with Crippen LogP contribution in [0.4, 0.5) is 0 Å². The Balaban J connectivity index is 1.70. The quantitative estimate of drug-likeness (QED) is 0.625. The Morgan fingerprint density at radius 3 is 2.50 bits per heavy atom. The van der Waals surface area contributed by atoms with Crippen LogP contribution in [0.25, 0.3) is 11.5 Å². The lowest BCUT2D eigenvalue weighted by Gasteiger charge is -2.18. The van der Waals surface area contributed by atoms with E-state index in [-0.39, 0.29) is 11.9 Å². The Morgan fingerprint density at radius 1 is 1.15 bits per heavy atom. The van der Waals surface area contributed by atoms with Crippen LogP contribution in [-0.2, 0) is 0 Å². The summed E-state index contributed by atoms with van der Waals surface area (Å²) in [4.78, 5) is 12.6. The third-order valence-corrected chi connectivity index (χ3v) is 4.83. The molecule has 0 saturated carbocycles. The number of nitrogens with one attached hydrogen (secondary N) is 2. The predicted molar refractivity (Wildman–Crippen MR) is 102 cm³/mol. The molecule has 2 heterocycles. The fraction of sp³-hybridized carbons (Fsp3) is 0.333. The fourth-order valence-electron chi connectivity index (χ4n) is 2.94. The summed E-state index contributed by atoms with van der Waals surface area (Å²) in [5.74, 6) is 1.00. The molecule has 136 valence electrons. The van der Waals surface area contributed by atoms with Crippen LogP contribution in [-0.4, -0.2) is 16.1 Å². The van der Waals surface area contributed by atoms with Crippen molar-refractivity contribution in [1.82, 2.24) is 15.5 Å². The van der Waals surface area contributed by atoms with Crippen LogP contribution in [0.2, 0.25) is 0 Å². The Labute approximate surface area is 153 Å². The van der Waals surface area contributed by atoms with Gasteiger partial charge in [0.2, 0.25) is 0 Å². The van der Waals surface area contributed by atoms with Gasteiger partial charge in [-0.2, -0.15) is 5.10 Å². The van der Waals surface area contributed by atoms with Gasteiger partial charge in [0.25, 0.3) is 5.91 Å².